The number of aromatic nitrogens is 5. The van der Waals surface area contributed by atoms with E-state index in [2.05, 4.69) is 53.0 Å². The zero-order valence-corrected chi connectivity index (χ0v) is 18.0. The summed E-state index contributed by atoms with van der Waals surface area (Å²) in [6.07, 6.45) is 7.17. The van der Waals surface area contributed by atoms with Crippen LogP contribution in [0.15, 0.2) is 30.7 Å². The second-order valence-electron chi connectivity index (χ2n) is 8.48. The lowest BCUT2D eigenvalue weighted by atomic mass is 10.0. The highest BCUT2D eigenvalue weighted by Crippen LogP contribution is 2.25. The van der Waals surface area contributed by atoms with Gasteiger partial charge in [-0.2, -0.15) is 5.10 Å². The third kappa shape index (κ3) is 3.99. The molecule has 1 saturated heterocycles. The molecule has 0 radical (unpaired) electrons. The van der Waals surface area contributed by atoms with Crippen LogP contribution in [0, 0.1) is 0 Å². The van der Waals surface area contributed by atoms with E-state index >= 15 is 0 Å². The summed E-state index contributed by atoms with van der Waals surface area (Å²) in [5, 5.41) is 8.51. The number of piperidine rings is 1. The van der Waals surface area contributed by atoms with Crippen molar-refractivity contribution in [2.24, 2.45) is 0 Å². The van der Waals surface area contributed by atoms with E-state index in [1.54, 1.807) is 18.6 Å². The van der Waals surface area contributed by atoms with Gasteiger partial charge in [0.25, 0.3) is 5.91 Å². The summed E-state index contributed by atoms with van der Waals surface area (Å²) >= 11 is 0. The van der Waals surface area contributed by atoms with Crippen molar-refractivity contribution in [1.29, 1.82) is 0 Å². The monoisotopic (exact) mass is 407 g/mol. The predicted octanol–water partition coefficient (Wildman–Crippen LogP) is 3.32. The molecule has 0 spiro atoms. The first kappa shape index (κ1) is 20.3. The molecule has 1 amide bonds. The van der Waals surface area contributed by atoms with E-state index in [0.29, 0.717) is 18.1 Å². The number of anilines is 1. The van der Waals surface area contributed by atoms with Crippen molar-refractivity contribution in [2.75, 3.05) is 18.0 Å². The number of nitrogens with one attached hydrogen (secondary N) is 1. The third-order valence-corrected chi connectivity index (χ3v) is 5.50. The van der Waals surface area contributed by atoms with E-state index in [-0.39, 0.29) is 23.9 Å². The van der Waals surface area contributed by atoms with Crippen LogP contribution in [0.3, 0.4) is 0 Å². The summed E-state index contributed by atoms with van der Waals surface area (Å²) in [6.45, 7) is 9.91. The maximum Gasteiger partial charge on any atom is 0.252 e. The molecule has 3 aromatic heterocycles. The molecule has 0 saturated carbocycles. The van der Waals surface area contributed by atoms with E-state index < -0.39 is 0 Å². The molecule has 1 fully saturated rings. The van der Waals surface area contributed by atoms with Gasteiger partial charge in [0.15, 0.2) is 5.65 Å². The Morgan fingerprint density at radius 3 is 2.67 bits per heavy atom. The van der Waals surface area contributed by atoms with Gasteiger partial charge in [0, 0.05) is 43.3 Å². The highest BCUT2D eigenvalue weighted by atomic mass is 16.1. The third-order valence-electron chi connectivity index (χ3n) is 5.50. The fourth-order valence-electron chi connectivity index (χ4n) is 3.89. The van der Waals surface area contributed by atoms with Crippen LogP contribution in [0.4, 0.5) is 5.95 Å². The van der Waals surface area contributed by atoms with Crippen LogP contribution < -0.4 is 10.2 Å². The minimum atomic E-state index is -0.0755. The summed E-state index contributed by atoms with van der Waals surface area (Å²) in [5.41, 5.74) is 2.31. The molecule has 0 aromatic carbocycles. The lowest BCUT2D eigenvalue weighted by molar-refractivity contribution is 0.0934. The van der Waals surface area contributed by atoms with Crippen molar-refractivity contribution in [1.82, 2.24) is 30.0 Å². The maximum absolute atomic E-state index is 13.3. The number of rotatable bonds is 5. The van der Waals surface area contributed by atoms with Crippen molar-refractivity contribution in [3.63, 3.8) is 0 Å². The Morgan fingerprint density at radius 1 is 1.20 bits per heavy atom. The quantitative estimate of drug-likeness (QED) is 0.698. The van der Waals surface area contributed by atoms with E-state index in [1.165, 1.54) is 0 Å². The zero-order chi connectivity index (χ0) is 21.3. The average Bonchev–Trinajstić information content (AvgIpc) is 3.18. The van der Waals surface area contributed by atoms with Crippen molar-refractivity contribution in [3.05, 3.63) is 42.0 Å². The number of hydrogen-bond acceptors (Lipinski definition) is 6. The van der Waals surface area contributed by atoms with Crippen LogP contribution in [0.25, 0.3) is 11.0 Å². The van der Waals surface area contributed by atoms with Gasteiger partial charge in [-0.05, 0) is 44.7 Å². The number of carbonyl (C=O) groups excluding carboxylic acids is 1. The number of nitrogens with zero attached hydrogens (tertiary/aromatic N) is 6. The molecule has 4 heterocycles. The Bertz CT molecular complexity index is 1030. The summed E-state index contributed by atoms with van der Waals surface area (Å²) in [5.74, 6) is 0.855. The van der Waals surface area contributed by atoms with E-state index in [9.17, 15) is 4.79 Å². The van der Waals surface area contributed by atoms with Gasteiger partial charge in [0.1, 0.15) is 0 Å². The Kier molecular flexibility index (Phi) is 5.65. The Morgan fingerprint density at radius 2 is 1.97 bits per heavy atom. The van der Waals surface area contributed by atoms with Crippen LogP contribution in [0.5, 0.6) is 0 Å². The minimum Gasteiger partial charge on any atom is -0.348 e. The fraction of sp³-hybridized carbons (Fsp3) is 0.500. The van der Waals surface area contributed by atoms with Crippen molar-refractivity contribution in [3.8, 4) is 0 Å². The molecule has 8 nitrogen and oxygen atoms in total. The summed E-state index contributed by atoms with van der Waals surface area (Å²) in [6, 6.07) is 3.94. The normalized spacial score (nSPS) is 17.1. The first-order valence-corrected chi connectivity index (χ1v) is 10.6. The van der Waals surface area contributed by atoms with Crippen LogP contribution in [0.2, 0.25) is 0 Å². The van der Waals surface area contributed by atoms with Gasteiger partial charge >= 0.3 is 0 Å². The molecule has 1 aliphatic rings. The summed E-state index contributed by atoms with van der Waals surface area (Å²) < 4.78 is 1.88. The Balaban J connectivity index is 1.60. The molecule has 3 aromatic rings. The largest absolute Gasteiger partial charge is 0.348 e. The molecule has 1 atom stereocenters. The van der Waals surface area contributed by atoms with Crippen LogP contribution in [-0.4, -0.2) is 49.8 Å². The van der Waals surface area contributed by atoms with Gasteiger partial charge < -0.3 is 10.2 Å². The van der Waals surface area contributed by atoms with E-state index in [4.69, 9.17) is 4.98 Å². The highest BCUT2D eigenvalue weighted by molar-refractivity contribution is 6.05. The van der Waals surface area contributed by atoms with Gasteiger partial charge in [-0.1, -0.05) is 13.8 Å². The first-order chi connectivity index (χ1) is 14.4. The highest BCUT2D eigenvalue weighted by Gasteiger charge is 2.25. The molecular weight excluding hydrogens is 378 g/mol. The number of fused-ring (bicyclic) bond motifs is 1. The molecule has 30 heavy (non-hydrogen) atoms. The lowest BCUT2D eigenvalue weighted by Crippen LogP contribution is -2.48. The molecule has 158 valence electrons. The molecule has 1 aliphatic heterocycles. The molecule has 0 bridgehead atoms. The van der Waals surface area contributed by atoms with Crippen LogP contribution in [0.1, 0.15) is 68.5 Å². The van der Waals surface area contributed by atoms with Gasteiger partial charge in [-0.3, -0.25) is 4.79 Å². The number of hydrogen-bond donors (Lipinski definition) is 1. The predicted molar refractivity (Wildman–Crippen MR) is 117 cm³/mol. The zero-order valence-electron chi connectivity index (χ0n) is 18.0. The molecule has 1 N–H and O–H groups in total. The molecule has 1 unspecified atom stereocenters. The smallest absolute Gasteiger partial charge is 0.252 e. The maximum atomic E-state index is 13.3. The van der Waals surface area contributed by atoms with Gasteiger partial charge in [-0.15, -0.1) is 0 Å². The fourth-order valence-corrected chi connectivity index (χ4v) is 3.89. The topological polar surface area (TPSA) is 88.8 Å². The molecule has 0 aliphatic carbocycles. The van der Waals surface area contributed by atoms with Gasteiger partial charge in [-0.25, -0.2) is 19.6 Å². The Hall–Kier alpha value is -3.03. The lowest BCUT2D eigenvalue weighted by Gasteiger charge is -2.33. The number of pyridine rings is 1. The summed E-state index contributed by atoms with van der Waals surface area (Å²) in [4.78, 5) is 28.9. The van der Waals surface area contributed by atoms with Gasteiger partial charge in [0.2, 0.25) is 5.95 Å². The minimum absolute atomic E-state index is 0.0425. The van der Waals surface area contributed by atoms with Crippen molar-refractivity contribution < 1.29 is 4.79 Å². The molecular formula is C22H29N7O. The molecule has 8 heteroatoms. The van der Waals surface area contributed by atoms with Crippen LogP contribution in [-0.2, 0) is 0 Å². The first-order valence-electron chi connectivity index (χ1n) is 10.6. The molecule has 4 rings (SSSR count). The second kappa shape index (κ2) is 8.38. The number of amides is 1. The van der Waals surface area contributed by atoms with Crippen molar-refractivity contribution in [2.45, 2.75) is 58.5 Å². The SMILES string of the molecule is CC(C)c1cc(C(=O)NC2CCCN(c3ncccn3)C2)c2cnn(C(C)C)c2n1. The Labute approximate surface area is 176 Å². The van der Waals surface area contributed by atoms with E-state index in [0.717, 1.165) is 36.1 Å². The van der Waals surface area contributed by atoms with Gasteiger partial charge in [0.05, 0.1) is 17.1 Å². The van der Waals surface area contributed by atoms with E-state index in [1.807, 2.05) is 16.8 Å². The second-order valence-corrected chi connectivity index (χ2v) is 8.48. The van der Waals surface area contributed by atoms with Crippen molar-refractivity contribution >= 4 is 22.9 Å². The van der Waals surface area contributed by atoms with Crippen LogP contribution >= 0.6 is 0 Å². The standard InChI is InChI=1S/C22H29N7O/c1-14(2)19-11-17(18-12-25-29(15(3)4)20(18)27-19)21(30)26-16-7-5-10-28(13-16)22-23-8-6-9-24-22/h6,8-9,11-12,14-16H,5,7,10,13H2,1-4H3,(H,26,30). The number of carbonyl (C=O) groups is 1. The average molecular weight is 408 g/mol. The summed E-state index contributed by atoms with van der Waals surface area (Å²) in [7, 11) is 0.